The molecule has 1 aliphatic rings. The van der Waals surface area contributed by atoms with Crippen LogP contribution in [0.15, 0.2) is 39.4 Å². The van der Waals surface area contributed by atoms with Gasteiger partial charge in [0.15, 0.2) is 12.3 Å². The standard InChI is InChI=1S/C19H21F5N6OS/c1-3-32-17-13(16-27-9-7-14(30(16)29-17)28-12-4-5-12)6-8-26-15(10-25-2)31-11-18(20,21)19(22,23)24/h7-10,12,28H,2-6,11H2,1H3/b15-10+,26-8?. The van der Waals surface area contributed by atoms with Gasteiger partial charge >= 0.3 is 12.1 Å². The molecule has 0 aliphatic heterocycles. The minimum atomic E-state index is -5.73. The van der Waals surface area contributed by atoms with E-state index in [1.54, 1.807) is 10.7 Å². The molecule has 1 saturated carbocycles. The number of ether oxygens (including phenoxy) is 1. The van der Waals surface area contributed by atoms with E-state index in [1.807, 2.05) is 13.0 Å². The third-order valence-corrected chi connectivity index (χ3v) is 5.21. The summed E-state index contributed by atoms with van der Waals surface area (Å²) in [6.45, 7) is 3.20. The zero-order chi connectivity index (χ0) is 23.4. The molecule has 7 nitrogen and oxygen atoms in total. The molecule has 32 heavy (non-hydrogen) atoms. The summed E-state index contributed by atoms with van der Waals surface area (Å²) in [5, 5.41) is 8.71. The Morgan fingerprint density at radius 3 is 2.75 bits per heavy atom. The van der Waals surface area contributed by atoms with Gasteiger partial charge in [0.05, 0.1) is 6.20 Å². The first-order valence-electron chi connectivity index (χ1n) is 9.68. The SMILES string of the molecule is C=N/C=C(\N=CCc1c(SCC)nn2c(NC3CC3)ccnc12)OCC(F)(F)C(F)(F)F. The molecule has 0 aromatic carbocycles. The Morgan fingerprint density at radius 1 is 1.38 bits per heavy atom. The minimum Gasteiger partial charge on any atom is -0.470 e. The highest BCUT2D eigenvalue weighted by atomic mass is 32.2. The van der Waals surface area contributed by atoms with E-state index in [0.29, 0.717) is 16.7 Å². The van der Waals surface area contributed by atoms with Gasteiger partial charge in [0, 0.05) is 30.4 Å². The average Bonchev–Trinajstić information content (AvgIpc) is 3.47. The summed E-state index contributed by atoms with van der Waals surface area (Å²) in [6.07, 6.45) is 0.461. The first kappa shape index (κ1) is 24.0. The number of fused-ring (bicyclic) bond motifs is 1. The van der Waals surface area contributed by atoms with Crippen molar-refractivity contribution in [2.75, 3.05) is 17.7 Å². The van der Waals surface area contributed by atoms with Crippen LogP contribution in [-0.4, -0.2) is 58.0 Å². The van der Waals surface area contributed by atoms with Crippen molar-refractivity contribution in [3.8, 4) is 0 Å². The number of nitrogens with zero attached hydrogens (tertiary/aromatic N) is 5. The van der Waals surface area contributed by atoms with Crippen LogP contribution in [0.4, 0.5) is 27.8 Å². The van der Waals surface area contributed by atoms with Crippen molar-refractivity contribution < 1.29 is 26.7 Å². The molecule has 2 heterocycles. The van der Waals surface area contributed by atoms with Gasteiger partial charge in [-0.05, 0) is 31.4 Å². The van der Waals surface area contributed by atoms with Gasteiger partial charge in [0.2, 0.25) is 5.88 Å². The van der Waals surface area contributed by atoms with Crippen LogP contribution in [0.2, 0.25) is 0 Å². The Kier molecular flexibility index (Phi) is 7.36. The number of rotatable bonds is 11. The van der Waals surface area contributed by atoms with Crippen molar-refractivity contribution in [3.05, 3.63) is 29.9 Å². The van der Waals surface area contributed by atoms with E-state index in [1.165, 1.54) is 18.0 Å². The molecule has 174 valence electrons. The van der Waals surface area contributed by atoms with Crippen molar-refractivity contribution in [1.82, 2.24) is 14.6 Å². The van der Waals surface area contributed by atoms with Gasteiger partial charge in [-0.15, -0.1) is 11.8 Å². The molecule has 0 spiro atoms. The van der Waals surface area contributed by atoms with Crippen LogP contribution in [0.25, 0.3) is 5.65 Å². The first-order chi connectivity index (χ1) is 15.2. The van der Waals surface area contributed by atoms with Crippen molar-refractivity contribution >= 4 is 36.2 Å². The molecule has 0 bridgehead atoms. The first-order valence-corrected chi connectivity index (χ1v) is 10.7. The number of thioether (sulfide) groups is 1. The van der Waals surface area contributed by atoms with Gasteiger partial charge in [0.25, 0.3) is 0 Å². The molecule has 1 aliphatic carbocycles. The molecule has 3 rings (SSSR count). The molecule has 0 atom stereocenters. The summed E-state index contributed by atoms with van der Waals surface area (Å²) >= 11 is 1.50. The van der Waals surface area contributed by atoms with E-state index in [-0.39, 0.29) is 6.42 Å². The summed E-state index contributed by atoms with van der Waals surface area (Å²) in [4.78, 5) is 11.6. The zero-order valence-corrected chi connectivity index (χ0v) is 17.9. The third-order valence-electron chi connectivity index (χ3n) is 4.32. The van der Waals surface area contributed by atoms with E-state index in [4.69, 9.17) is 0 Å². The maximum Gasteiger partial charge on any atom is 0.456 e. The van der Waals surface area contributed by atoms with Crippen LogP contribution in [0.5, 0.6) is 0 Å². The predicted molar refractivity (Wildman–Crippen MR) is 113 cm³/mol. The van der Waals surface area contributed by atoms with Gasteiger partial charge in [0.1, 0.15) is 10.8 Å². The van der Waals surface area contributed by atoms with Gasteiger partial charge in [-0.3, -0.25) is 4.99 Å². The molecule has 0 unspecified atom stereocenters. The van der Waals surface area contributed by atoms with Crippen molar-refractivity contribution in [2.24, 2.45) is 9.98 Å². The molecule has 0 radical (unpaired) electrons. The lowest BCUT2D eigenvalue weighted by molar-refractivity contribution is -0.293. The largest absolute Gasteiger partial charge is 0.470 e. The highest BCUT2D eigenvalue weighted by Crippen LogP contribution is 2.36. The number of halogens is 5. The lowest BCUT2D eigenvalue weighted by Crippen LogP contribution is -2.40. The van der Waals surface area contributed by atoms with Crippen LogP contribution in [0.1, 0.15) is 25.3 Å². The number of alkyl halides is 5. The molecular weight excluding hydrogens is 455 g/mol. The maximum atomic E-state index is 13.1. The number of nitrogens with one attached hydrogen (secondary N) is 1. The van der Waals surface area contributed by atoms with Gasteiger partial charge in [-0.25, -0.2) is 9.98 Å². The lowest BCUT2D eigenvalue weighted by Gasteiger charge is -2.19. The van der Waals surface area contributed by atoms with Crippen molar-refractivity contribution in [3.63, 3.8) is 0 Å². The zero-order valence-electron chi connectivity index (χ0n) is 17.1. The van der Waals surface area contributed by atoms with Gasteiger partial charge < -0.3 is 10.1 Å². The third kappa shape index (κ3) is 5.75. The summed E-state index contributed by atoms with van der Waals surface area (Å²) < 4.78 is 69.5. The summed E-state index contributed by atoms with van der Waals surface area (Å²) in [5.41, 5.74) is 1.33. The molecule has 13 heteroatoms. The number of aromatic nitrogens is 3. The summed E-state index contributed by atoms with van der Waals surface area (Å²) in [6, 6.07) is 2.23. The number of hydrogen-bond acceptors (Lipinski definition) is 7. The normalized spacial score (nSPS) is 15.5. The fourth-order valence-electron chi connectivity index (χ4n) is 2.61. The minimum absolute atomic E-state index is 0.194. The summed E-state index contributed by atoms with van der Waals surface area (Å²) in [5.74, 6) is -3.99. The topological polar surface area (TPSA) is 76.2 Å². The van der Waals surface area contributed by atoms with Crippen LogP contribution in [0.3, 0.4) is 0 Å². The van der Waals surface area contributed by atoms with E-state index >= 15 is 0 Å². The average molecular weight is 476 g/mol. The Morgan fingerprint density at radius 2 is 2.12 bits per heavy atom. The highest BCUT2D eigenvalue weighted by Gasteiger charge is 2.58. The fourth-order valence-corrected chi connectivity index (χ4v) is 3.37. The quantitative estimate of drug-likeness (QED) is 0.219. The molecular formula is C19H21F5N6OS. The molecule has 1 N–H and O–H groups in total. The molecule has 0 amide bonds. The monoisotopic (exact) mass is 476 g/mol. The smallest absolute Gasteiger partial charge is 0.456 e. The molecule has 2 aromatic rings. The second kappa shape index (κ2) is 9.84. The Balaban J connectivity index is 1.79. The van der Waals surface area contributed by atoms with E-state index in [9.17, 15) is 22.0 Å². The second-order valence-electron chi connectivity index (χ2n) is 6.86. The maximum absolute atomic E-state index is 13.1. The van der Waals surface area contributed by atoms with Gasteiger partial charge in [-0.2, -0.15) is 31.6 Å². The number of hydrogen-bond donors (Lipinski definition) is 1. The van der Waals surface area contributed by atoms with Crippen molar-refractivity contribution in [2.45, 2.75) is 49.4 Å². The Labute approximate surface area is 184 Å². The summed E-state index contributed by atoms with van der Waals surface area (Å²) in [7, 11) is 0. The van der Waals surface area contributed by atoms with Crippen molar-refractivity contribution in [1.29, 1.82) is 0 Å². The second-order valence-corrected chi connectivity index (χ2v) is 8.11. The van der Waals surface area contributed by atoms with Gasteiger partial charge in [-0.1, -0.05) is 6.92 Å². The molecule has 2 aromatic heterocycles. The van der Waals surface area contributed by atoms with Crippen LogP contribution >= 0.6 is 11.8 Å². The molecule has 1 fully saturated rings. The predicted octanol–water partition coefficient (Wildman–Crippen LogP) is 4.74. The van der Waals surface area contributed by atoms with E-state index in [0.717, 1.165) is 36.2 Å². The Bertz CT molecular complexity index is 1020. The number of aliphatic imine (C=N–C) groups is 2. The van der Waals surface area contributed by atoms with E-state index < -0.39 is 24.6 Å². The number of anilines is 1. The molecule has 0 saturated heterocycles. The van der Waals surface area contributed by atoms with Crippen LogP contribution in [0, 0.1) is 0 Å². The Hall–Kier alpha value is -2.70. The van der Waals surface area contributed by atoms with E-state index in [2.05, 4.69) is 36.8 Å². The highest BCUT2D eigenvalue weighted by molar-refractivity contribution is 7.99. The lowest BCUT2D eigenvalue weighted by atomic mass is 10.2. The van der Waals surface area contributed by atoms with Crippen LogP contribution in [-0.2, 0) is 11.2 Å². The van der Waals surface area contributed by atoms with Crippen LogP contribution < -0.4 is 5.32 Å². The fraction of sp³-hybridized carbons (Fsp3) is 0.474.